The summed E-state index contributed by atoms with van der Waals surface area (Å²) < 4.78 is 12.8. The Labute approximate surface area is 115 Å². The lowest BCUT2D eigenvalue weighted by atomic mass is 10.2. The zero-order valence-electron chi connectivity index (χ0n) is 10.9. The van der Waals surface area contributed by atoms with Gasteiger partial charge in [0.2, 0.25) is 5.91 Å². The Morgan fingerprint density at radius 2 is 1.85 bits per heavy atom. The Hall–Kier alpha value is -1.95. The van der Waals surface area contributed by atoms with E-state index in [1.165, 1.54) is 24.3 Å². The highest BCUT2D eigenvalue weighted by molar-refractivity contribution is 5.94. The number of hydrogen-bond donors (Lipinski definition) is 2. The molecule has 1 saturated carbocycles. The fourth-order valence-corrected chi connectivity index (χ4v) is 2.99. The first-order valence-corrected chi connectivity index (χ1v) is 6.63. The van der Waals surface area contributed by atoms with Crippen LogP contribution in [0.1, 0.15) is 10.4 Å². The van der Waals surface area contributed by atoms with Crippen LogP contribution in [0.25, 0.3) is 0 Å². The number of carbonyl (C=O) groups is 2. The van der Waals surface area contributed by atoms with Gasteiger partial charge in [-0.1, -0.05) is 0 Å². The van der Waals surface area contributed by atoms with E-state index in [1.807, 2.05) is 0 Å². The number of nitrogens with zero attached hydrogens (tertiary/aromatic N) is 1. The summed E-state index contributed by atoms with van der Waals surface area (Å²) in [6.07, 6.45) is 0. The van der Waals surface area contributed by atoms with Gasteiger partial charge >= 0.3 is 0 Å². The number of benzene rings is 1. The van der Waals surface area contributed by atoms with E-state index in [2.05, 4.69) is 5.32 Å². The molecule has 1 heterocycles. The number of fused-ring (bicyclic) bond motifs is 1. The van der Waals surface area contributed by atoms with Gasteiger partial charge in [-0.2, -0.15) is 0 Å². The van der Waals surface area contributed by atoms with Crippen LogP contribution in [0.15, 0.2) is 24.3 Å². The van der Waals surface area contributed by atoms with Gasteiger partial charge in [0, 0.05) is 24.7 Å². The first-order chi connectivity index (χ1) is 9.56. The van der Waals surface area contributed by atoms with Crippen molar-refractivity contribution in [1.29, 1.82) is 0 Å². The summed E-state index contributed by atoms with van der Waals surface area (Å²) in [5.41, 5.74) is 5.59. The van der Waals surface area contributed by atoms with Crippen LogP contribution in [0.3, 0.4) is 0 Å². The van der Waals surface area contributed by atoms with Gasteiger partial charge in [0.05, 0.1) is 6.54 Å². The van der Waals surface area contributed by atoms with Gasteiger partial charge in [-0.05, 0) is 36.1 Å². The topological polar surface area (TPSA) is 75.4 Å². The number of primary amides is 1. The van der Waals surface area contributed by atoms with Crippen LogP contribution in [0.5, 0.6) is 0 Å². The molecule has 1 saturated heterocycles. The highest BCUT2D eigenvalue weighted by atomic mass is 19.1. The maximum absolute atomic E-state index is 12.8. The number of nitrogens with two attached hydrogens (primary N) is 1. The minimum Gasteiger partial charge on any atom is -0.369 e. The molecule has 0 aromatic heterocycles. The van der Waals surface area contributed by atoms with Crippen LogP contribution in [-0.4, -0.2) is 42.4 Å². The van der Waals surface area contributed by atoms with Gasteiger partial charge in [0.1, 0.15) is 5.82 Å². The lowest BCUT2D eigenvalue weighted by Gasteiger charge is -2.20. The van der Waals surface area contributed by atoms with Crippen molar-refractivity contribution in [2.45, 2.75) is 6.04 Å². The van der Waals surface area contributed by atoms with Crippen molar-refractivity contribution in [2.24, 2.45) is 17.6 Å². The molecular weight excluding hydrogens is 261 g/mol. The number of likely N-dealkylation sites (tertiary alicyclic amines) is 1. The van der Waals surface area contributed by atoms with Gasteiger partial charge < -0.3 is 16.0 Å². The third-order valence-electron chi connectivity index (χ3n) is 4.08. The molecule has 6 heteroatoms. The smallest absolute Gasteiger partial charge is 0.253 e. The summed E-state index contributed by atoms with van der Waals surface area (Å²) in [7, 11) is 0. The third kappa shape index (κ3) is 2.38. The van der Waals surface area contributed by atoms with Crippen molar-refractivity contribution in [3.8, 4) is 0 Å². The summed E-state index contributed by atoms with van der Waals surface area (Å²) in [6.45, 7) is 1.54. The van der Waals surface area contributed by atoms with Crippen LogP contribution in [0.4, 0.5) is 4.39 Å². The summed E-state index contributed by atoms with van der Waals surface area (Å²) in [5.74, 6) is 0.0269. The molecule has 2 atom stereocenters. The molecule has 3 rings (SSSR count). The summed E-state index contributed by atoms with van der Waals surface area (Å²) >= 11 is 0. The molecule has 5 nitrogen and oxygen atoms in total. The zero-order chi connectivity index (χ0) is 14.3. The van der Waals surface area contributed by atoms with E-state index in [0.29, 0.717) is 36.5 Å². The number of hydrogen-bond acceptors (Lipinski definition) is 3. The molecule has 2 fully saturated rings. The van der Waals surface area contributed by atoms with E-state index in [0.717, 1.165) is 0 Å². The molecule has 2 unspecified atom stereocenters. The number of carbonyl (C=O) groups excluding carboxylic acids is 2. The lowest BCUT2D eigenvalue weighted by Crippen LogP contribution is -2.38. The van der Waals surface area contributed by atoms with Crippen LogP contribution in [0, 0.1) is 17.7 Å². The SMILES string of the molecule is NC(=O)CNC1C2CN(C(=O)c3ccc(F)cc3)CC21. The summed E-state index contributed by atoms with van der Waals surface area (Å²) in [6, 6.07) is 5.89. The fraction of sp³-hybridized carbons (Fsp3) is 0.429. The number of halogens is 1. The normalized spacial score (nSPS) is 27.2. The Morgan fingerprint density at radius 1 is 1.25 bits per heavy atom. The number of nitrogens with one attached hydrogen (secondary N) is 1. The van der Waals surface area contributed by atoms with Crippen molar-refractivity contribution in [3.63, 3.8) is 0 Å². The zero-order valence-corrected chi connectivity index (χ0v) is 10.9. The minimum absolute atomic E-state index is 0.0640. The average molecular weight is 277 g/mol. The van der Waals surface area contributed by atoms with Crippen molar-refractivity contribution < 1.29 is 14.0 Å². The molecule has 3 N–H and O–H groups in total. The average Bonchev–Trinajstić information content (AvgIpc) is 2.87. The molecule has 0 bridgehead atoms. The standard InChI is InChI=1S/C14H16FN3O2/c15-9-3-1-8(2-4-9)14(20)18-6-10-11(7-18)13(10)17-5-12(16)19/h1-4,10-11,13,17H,5-7H2,(H2,16,19). The number of rotatable bonds is 4. The Bertz CT molecular complexity index is 534. The highest BCUT2D eigenvalue weighted by Gasteiger charge is 2.56. The van der Waals surface area contributed by atoms with Crippen LogP contribution >= 0.6 is 0 Å². The Morgan fingerprint density at radius 3 is 2.40 bits per heavy atom. The lowest BCUT2D eigenvalue weighted by molar-refractivity contribution is -0.117. The van der Waals surface area contributed by atoms with E-state index in [4.69, 9.17) is 5.73 Å². The molecule has 2 aliphatic rings. The second kappa shape index (κ2) is 4.86. The van der Waals surface area contributed by atoms with E-state index in [1.54, 1.807) is 4.90 Å². The van der Waals surface area contributed by atoms with Gasteiger partial charge in [-0.25, -0.2) is 4.39 Å². The Kier molecular flexibility index (Phi) is 3.17. The first kappa shape index (κ1) is 13.1. The van der Waals surface area contributed by atoms with E-state index >= 15 is 0 Å². The molecule has 0 spiro atoms. The number of amides is 2. The maximum atomic E-state index is 12.8. The van der Waals surface area contributed by atoms with Gasteiger partial charge in [-0.3, -0.25) is 9.59 Å². The molecule has 1 aliphatic carbocycles. The molecule has 20 heavy (non-hydrogen) atoms. The van der Waals surface area contributed by atoms with Gasteiger partial charge in [0.15, 0.2) is 0 Å². The quantitative estimate of drug-likeness (QED) is 0.811. The molecule has 1 aromatic carbocycles. The van der Waals surface area contributed by atoms with Crippen LogP contribution < -0.4 is 11.1 Å². The number of piperidine rings is 1. The molecule has 1 aromatic rings. The molecular formula is C14H16FN3O2. The molecule has 1 aliphatic heterocycles. The Balaban J connectivity index is 1.54. The van der Waals surface area contributed by atoms with E-state index in [-0.39, 0.29) is 24.2 Å². The van der Waals surface area contributed by atoms with E-state index in [9.17, 15) is 14.0 Å². The predicted octanol–water partition coefficient (Wildman–Crippen LogP) is -0.0290. The summed E-state index contributed by atoms with van der Waals surface area (Å²) in [4.78, 5) is 24.7. The molecule has 106 valence electrons. The maximum Gasteiger partial charge on any atom is 0.253 e. The molecule has 2 amide bonds. The fourth-order valence-electron chi connectivity index (χ4n) is 2.99. The van der Waals surface area contributed by atoms with Crippen molar-refractivity contribution in [2.75, 3.05) is 19.6 Å². The van der Waals surface area contributed by atoms with Crippen molar-refractivity contribution in [1.82, 2.24) is 10.2 Å². The largest absolute Gasteiger partial charge is 0.369 e. The monoisotopic (exact) mass is 277 g/mol. The van der Waals surface area contributed by atoms with Gasteiger partial charge in [0.25, 0.3) is 5.91 Å². The highest BCUT2D eigenvalue weighted by Crippen LogP contribution is 2.45. The predicted molar refractivity (Wildman–Crippen MR) is 70.3 cm³/mol. The third-order valence-corrected chi connectivity index (χ3v) is 4.08. The van der Waals surface area contributed by atoms with E-state index < -0.39 is 0 Å². The van der Waals surface area contributed by atoms with Crippen molar-refractivity contribution >= 4 is 11.8 Å². The van der Waals surface area contributed by atoms with Gasteiger partial charge in [-0.15, -0.1) is 0 Å². The molecule has 0 radical (unpaired) electrons. The second-order valence-electron chi connectivity index (χ2n) is 5.42. The van der Waals surface area contributed by atoms with Crippen LogP contribution in [-0.2, 0) is 4.79 Å². The first-order valence-electron chi connectivity index (χ1n) is 6.63. The van der Waals surface area contributed by atoms with Crippen molar-refractivity contribution in [3.05, 3.63) is 35.6 Å². The van der Waals surface area contributed by atoms with Crippen LogP contribution in [0.2, 0.25) is 0 Å². The second-order valence-corrected chi connectivity index (χ2v) is 5.42. The summed E-state index contributed by atoms with van der Waals surface area (Å²) in [5, 5.41) is 3.10. The minimum atomic E-state index is -0.366.